The van der Waals surface area contributed by atoms with Gasteiger partial charge in [0.2, 0.25) is 11.8 Å². The van der Waals surface area contributed by atoms with E-state index < -0.39 is 5.82 Å². The number of amides is 1. The zero-order chi connectivity index (χ0) is 18.5. The third-order valence-corrected chi connectivity index (χ3v) is 5.02. The summed E-state index contributed by atoms with van der Waals surface area (Å²) in [4.78, 5) is 20.5. The van der Waals surface area contributed by atoms with Crippen LogP contribution in [-0.2, 0) is 11.8 Å². The summed E-state index contributed by atoms with van der Waals surface area (Å²) in [5, 5.41) is 3.78. The molecule has 2 aliphatic rings. The lowest BCUT2D eigenvalue weighted by atomic mass is 10.2. The molecule has 1 N–H and O–H groups in total. The number of anilines is 1. The van der Waals surface area contributed by atoms with Gasteiger partial charge in [-0.15, -0.1) is 0 Å². The lowest BCUT2D eigenvalue weighted by molar-refractivity contribution is -0.117. The molecule has 2 saturated carbocycles. The van der Waals surface area contributed by atoms with Gasteiger partial charge in [0.05, 0.1) is 29.2 Å². The highest BCUT2D eigenvalue weighted by molar-refractivity contribution is 5.96. The SMILES string of the molecule is Cn1c(-c2cc(F)cnc2OC2CC2)cc2cc(NC(=O)C3CC3)ncc21. The van der Waals surface area contributed by atoms with Crippen LogP contribution in [-0.4, -0.2) is 26.5 Å². The van der Waals surface area contributed by atoms with Crippen molar-refractivity contribution in [3.05, 3.63) is 36.4 Å². The monoisotopic (exact) mass is 366 g/mol. The molecule has 3 heterocycles. The van der Waals surface area contributed by atoms with Gasteiger partial charge in [-0.3, -0.25) is 4.79 Å². The van der Waals surface area contributed by atoms with Crippen molar-refractivity contribution in [1.29, 1.82) is 0 Å². The van der Waals surface area contributed by atoms with Gasteiger partial charge in [-0.05, 0) is 43.9 Å². The molecule has 27 heavy (non-hydrogen) atoms. The highest BCUT2D eigenvalue weighted by atomic mass is 19.1. The van der Waals surface area contributed by atoms with Gasteiger partial charge in [-0.2, -0.15) is 0 Å². The van der Waals surface area contributed by atoms with Gasteiger partial charge < -0.3 is 14.6 Å². The number of hydrogen-bond acceptors (Lipinski definition) is 4. The van der Waals surface area contributed by atoms with Crippen molar-refractivity contribution in [1.82, 2.24) is 14.5 Å². The first kappa shape index (κ1) is 16.2. The van der Waals surface area contributed by atoms with E-state index in [0.717, 1.165) is 42.3 Å². The highest BCUT2D eigenvalue weighted by Crippen LogP contribution is 2.36. The summed E-state index contributed by atoms with van der Waals surface area (Å²) >= 11 is 0. The third kappa shape index (κ3) is 3.13. The van der Waals surface area contributed by atoms with Crippen LogP contribution in [0, 0.1) is 11.7 Å². The number of carbonyl (C=O) groups excluding carboxylic acids is 1. The number of nitrogens with one attached hydrogen (secondary N) is 1. The van der Waals surface area contributed by atoms with Crippen molar-refractivity contribution in [2.24, 2.45) is 13.0 Å². The van der Waals surface area contributed by atoms with Crippen molar-refractivity contribution in [3.63, 3.8) is 0 Å². The lowest BCUT2D eigenvalue weighted by Gasteiger charge is -2.11. The van der Waals surface area contributed by atoms with E-state index in [-0.39, 0.29) is 17.9 Å². The summed E-state index contributed by atoms with van der Waals surface area (Å²) in [5.41, 5.74) is 2.29. The Labute approximate surface area is 155 Å². The van der Waals surface area contributed by atoms with Crippen LogP contribution in [0.25, 0.3) is 22.2 Å². The Morgan fingerprint density at radius 2 is 2.00 bits per heavy atom. The molecule has 0 bridgehead atoms. The predicted octanol–water partition coefficient (Wildman–Crippen LogP) is 3.66. The first-order chi connectivity index (χ1) is 13.1. The summed E-state index contributed by atoms with van der Waals surface area (Å²) in [6, 6.07) is 5.23. The van der Waals surface area contributed by atoms with E-state index in [1.54, 1.807) is 6.20 Å². The molecular weight excluding hydrogens is 347 g/mol. The molecule has 0 atom stereocenters. The molecule has 0 unspecified atom stereocenters. The van der Waals surface area contributed by atoms with Crippen molar-refractivity contribution in [2.75, 3.05) is 5.32 Å². The maximum atomic E-state index is 13.9. The van der Waals surface area contributed by atoms with Crippen molar-refractivity contribution < 1.29 is 13.9 Å². The van der Waals surface area contributed by atoms with Gasteiger partial charge in [0.1, 0.15) is 17.7 Å². The molecule has 2 aliphatic carbocycles. The van der Waals surface area contributed by atoms with Crippen LogP contribution in [0.5, 0.6) is 5.88 Å². The first-order valence-corrected chi connectivity index (χ1v) is 9.17. The normalized spacial score (nSPS) is 16.5. The average Bonchev–Trinajstić information content (AvgIpc) is 3.55. The summed E-state index contributed by atoms with van der Waals surface area (Å²) in [6.07, 6.45) is 6.96. The molecule has 0 aromatic carbocycles. The maximum Gasteiger partial charge on any atom is 0.228 e. The first-order valence-electron chi connectivity index (χ1n) is 9.17. The number of aryl methyl sites for hydroxylation is 1. The summed E-state index contributed by atoms with van der Waals surface area (Å²) in [6.45, 7) is 0. The number of nitrogens with zero attached hydrogens (tertiary/aromatic N) is 3. The largest absolute Gasteiger partial charge is 0.474 e. The second kappa shape index (κ2) is 6.04. The van der Waals surface area contributed by atoms with Gasteiger partial charge >= 0.3 is 0 Å². The number of carbonyl (C=O) groups is 1. The quantitative estimate of drug-likeness (QED) is 0.748. The number of halogens is 1. The maximum absolute atomic E-state index is 13.9. The Bertz CT molecular complexity index is 1050. The molecule has 0 aliphatic heterocycles. The van der Waals surface area contributed by atoms with Crippen molar-refractivity contribution >= 4 is 22.6 Å². The molecule has 3 aromatic heterocycles. The van der Waals surface area contributed by atoms with E-state index in [4.69, 9.17) is 4.74 Å². The molecule has 3 aromatic rings. The van der Waals surface area contributed by atoms with Crippen LogP contribution in [0.3, 0.4) is 0 Å². The number of ether oxygens (including phenoxy) is 1. The van der Waals surface area contributed by atoms with E-state index in [0.29, 0.717) is 17.3 Å². The molecule has 0 spiro atoms. The fraction of sp³-hybridized carbons (Fsp3) is 0.350. The minimum atomic E-state index is -0.408. The molecule has 1 amide bonds. The molecule has 138 valence electrons. The zero-order valence-electron chi connectivity index (χ0n) is 14.9. The second-order valence-electron chi connectivity index (χ2n) is 7.30. The zero-order valence-corrected chi connectivity index (χ0v) is 14.9. The van der Waals surface area contributed by atoms with E-state index in [9.17, 15) is 9.18 Å². The van der Waals surface area contributed by atoms with Crippen molar-refractivity contribution in [2.45, 2.75) is 31.8 Å². The molecular formula is C20H19FN4O2. The van der Waals surface area contributed by atoms with E-state index in [1.165, 1.54) is 12.3 Å². The lowest BCUT2D eigenvalue weighted by Crippen LogP contribution is -2.14. The average molecular weight is 366 g/mol. The van der Waals surface area contributed by atoms with E-state index >= 15 is 0 Å². The minimum Gasteiger partial charge on any atom is -0.474 e. The standard InChI is InChI=1S/C20H19FN4O2/c1-25-16(15-8-13(21)9-23-20(15)27-14-4-5-14)6-12-7-18(22-10-17(12)25)24-19(26)11-2-3-11/h6-11,14H,2-5H2,1H3,(H,22,24,26). The van der Waals surface area contributed by atoms with Crippen molar-refractivity contribution in [3.8, 4) is 17.1 Å². The van der Waals surface area contributed by atoms with E-state index in [2.05, 4.69) is 15.3 Å². The Morgan fingerprint density at radius 3 is 2.74 bits per heavy atom. The topological polar surface area (TPSA) is 69.0 Å². The number of pyridine rings is 2. The Balaban J connectivity index is 1.54. The molecule has 6 nitrogen and oxygen atoms in total. The summed E-state index contributed by atoms with van der Waals surface area (Å²) in [5.74, 6) is 0.707. The number of fused-ring (bicyclic) bond motifs is 1. The van der Waals surface area contributed by atoms with Gasteiger partial charge in [0.25, 0.3) is 0 Å². The smallest absolute Gasteiger partial charge is 0.228 e. The number of aromatic nitrogens is 3. The van der Waals surface area contributed by atoms with Gasteiger partial charge in [-0.1, -0.05) is 0 Å². The van der Waals surface area contributed by atoms with Crippen LogP contribution >= 0.6 is 0 Å². The van der Waals surface area contributed by atoms with Crippen LogP contribution in [0.4, 0.5) is 10.2 Å². The van der Waals surface area contributed by atoms with Crippen LogP contribution in [0.1, 0.15) is 25.7 Å². The van der Waals surface area contributed by atoms with Crippen LogP contribution in [0.2, 0.25) is 0 Å². The molecule has 5 rings (SSSR count). The van der Waals surface area contributed by atoms with Crippen LogP contribution in [0.15, 0.2) is 30.6 Å². The molecule has 0 radical (unpaired) electrons. The van der Waals surface area contributed by atoms with Gasteiger partial charge in [0, 0.05) is 18.4 Å². The number of hydrogen-bond donors (Lipinski definition) is 1. The molecule has 0 saturated heterocycles. The number of rotatable bonds is 5. The van der Waals surface area contributed by atoms with E-state index in [1.807, 2.05) is 23.7 Å². The molecule has 7 heteroatoms. The van der Waals surface area contributed by atoms with Crippen LogP contribution < -0.4 is 10.1 Å². The van der Waals surface area contributed by atoms with Gasteiger partial charge in [-0.25, -0.2) is 14.4 Å². The molecule has 2 fully saturated rings. The summed E-state index contributed by atoms with van der Waals surface area (Å²) < 4.78 is 21.7. The highest BCUT2D eigenvalue weighted by Gasteiger charge is 2.30. The van der Waals surface area contributed by atoms with Gasteiger partial charge in [0.15, 0.2) is 0 Å². The Morgan fingerprint density at radius 1 is 1.19 bits per heavy atom. The third-order valence-electron chi connectivity index (χ3n) is 5.02. The fourth-order valence-electron chi connectivity index (χ4n) is 3.18. The Kier molecular flexibility index (Phi) is 3.63. The fourth-order valence-corrected chi connectivity index (χ4v) is 3.18. The summed E-state index contributed by atoms with van der Waals surface area (Å²) in [7, 11) is 1.90. The predicted molar refractivity (Wildman–Crippen MR) is 98.9 cm³/mol. The Hall–Kier alpha value is -2.96. The minimum absolute atomic E-state index is 0.0208. The second-order valence-corrected chi connectivity index (χ2v) is 7.30.